The van der Waals surface area contributed by atoms with E-state index in [1.807, 2.05) is 18.2 Å². The molecule has 0 aliphatic rings. The largest absolute Gasteiger partial charge is 0.480 e. The Hall–Kier alpha value is -3.35. The van der Waals surface area contributed by atoms with Crippen molar-refractivity contribution in [3.05, 3.63) is 60.2 Å². The van der Waals surface area contributed by atoms with E-state index in [4.69, 9.17) is 9.84 Å². The maximum atomic E-state index is 12.9. The third-order valence-electron chi connectivity index (χ3n) is 4.24. The predicted molar refractivity (Wildman–Crippen MR) is 109 cm³/mol. The van der Waals surface area contributed by atoms with Crippen molar-refractivity contribution in [2.24, 2.45) is 5.41 Å². The molecule has 7 nitrogen and oxygen atoms in total. The summed E-state index contributed by atoms with van der Waals surface area (Å²) in [6.07, 6.45) is 0. The van der Waals surface area contributed by atoms with Crippen LogP contribution in [0.2, 0.25) is 0 Å². The number of amides is 2. The van der Waals surface area contributed by atoms with Crippen LogP contribution < -0.4 is 15.4 Å². The molecule has 0 saturated carbocycles. The van der Waals surface area contributed by atoms with Crippen LogP contribution in [0, 0.1) is 5.41 Å². The number of aliphatic carboxylic acids is 1. The minimum atomic E-state index is -1.15. The average Bonchev–Trinajstić information content (AvgIpc) is 2.66. The number of carbonyl (C=O) groups excluding carboxylic acids is 2. The van der Waals surface area contributed by atoms with E-state index < -0.39 is 35.3 Å². The summed E-state index contributed by atoms with van der Waals surface area (Å²) in [5.41, 5.74) is -0.377. The number of carboxylic acids is 1. The zero-order valence-corrected chi connectivity index (χ0v) is 16.9. The van der Waals surface area contributed by atoms with Crippen LogP contribution in [0.3, 0.4) is 0 Å². The van der Waals surface area contributed by atoms with E-state index >= 15 is 0 Å². The van der Waals surface area contributed by atoms with Crippen molar-refractivity contribution in [1.29, 1.82) is 0 Å². The van der Waals surface area contributed by atoms with E-state index in [-0.39, 0.29) is 5.56 Å². The number of benzene rings is 2. The summed E-state index contributed by atoms with van der Waals surface area (Å²) in [5.74, 6) is -1.29. The zero-order chi connectivity index (χ0) is 21.6. The number of nitrogens with one attached hydrogen (secondary N) is 2. The molecule has 0 aromatic heterocycles. The lowest BCUT2D eigenvalue weighted by molar-refractivity contribution is -0.142. The van der Waals surface area contributed by atoms with Gasteiger partial charge in [0.1, 0.15) is 23.6 Å². The van der Waals surface area contributed by atoms with Crippen molar-refractivity contribution >= 4 is 17.8 Å². The Balaban J connectivity index is 2.24. The van der Waals surface area contributed by atoms with Crippen molar-refractivity contribution in [3.63, 3.8) is 0 Å². The van der Waals surface area contributed by atoms with Crippen LogP contribution in [-0.2, 0) is 9.59 Å². The lowest BCUT2D eigenvalue weighted by Gasteiger charge is -2.31. The van der Waals surface area contributed by atoms with E-state index in [0.717, 1.165) is 0 Å². The van der Waals surface area contributed by atoms with E-state index in [1.54, 1.807) is 57.2 Å². The highest BCUT2D eigenvalue weighted by Crippen LogP contribution is 2.26. The SMILES string of the molecule is CC(NC(=O)C(NC(=O)c1ccccc1Oc1ccccc1)C(C)(C)C)C(=O)O. The number of rotatable bonds is 7. The van der Waals surface area contributed by atoms with Gasteiger partial charge in [0.05, 0.1) is 5.56 Å². The van der Waals surface area contributed by atoms with Gasteiger partial charge in [-0.15, -0.1) is 0 Å². The van der Waals surface area contributed by atoms with E-state index in [1.165, 1.54) is 6.92 Å². The Morgan fingerprint density at radius 2 is 1.52 bits per heavy atom. The number of ether oxygens (including phenoxy) is 1. The average molecular weight is 398 g/mol. The normalized spacial score (nSPS) is 13.1. The molecule has 2 aromatic rings. The van der Waals surface area contributed by atoms with Gasteiger partial charge in [-0.05, 0) is 36.6 Å². The molecule has 0 bridgehead atoms. The van der Waals surface area contributed by atoms with Crippen molar-refractivity contribution in [2.45, 2.75) is 39.8 Å². The van der Waals surface area contributed by atoms with Crippen LogP contribution in [0.15, 0.2) is 54.6 Å². The topological polar surface area (TPSA) is 105 Å². The maximum Gasteiger partial charge on any atom is 0.325 e. The monoisotopic (exact) mass is 398 g/mol. The predicted octanol–water partition coefficient (Wildman–Crippen LogP) is 3.21. The fourth-order valence-corrected chi connectivity index (χ4v) is 2.60. The van der Waals surface area contributed by atoms with Gasteiger partial charge >= 0.3 is 5.97 Å². The second-order valence-electron chi connectivity index (χ2n) is 7.75. The van der Waals surface area contributed by atoms with Gasteiger partial charge < -0.3 is 20.5 Å². The number of para-hydroxylation sites is 2. The molecule has 0 aliphatic carbocycles. The lowest BCUT2D eigenvalue weighted by Crippen LogP contribution is -2.56. The number of hydrogen-bond acceptors (Lipinski definition) is 4. The molecule has 0 heterocycles. The second-order valence-corrected chi connectivity index (χ2v) is 7.75. The molecular weight excluding hydrogens is 372 g/mol. The quantitative estimate of drug-likeness (QED) is 0.664. The van der Waals surface area contributed by atoms with E-state index in [9.17, 15) is 14.4 Å². The van der Waals surface area contributed by atoms with Gasteiger partial charge in [0.25, 0.3) is 5.91 Å². The van der Waals surface area contributed by atoms with Crippen molar-refractivity contribution in [2.75, 3.05) is 0 Å². The molecule has 2 unspecified atom stereocenters. The minimum Gasteiger partial charge on any atom is -0.480 e. The Bertz CT molecular complexity index is 874. The highest BCUT2D eigenvalue weighted by Gasteiger charge is 2.34. The summed E-state index contributed by atoms with van der Waals surface area (Å²) in [6.45, 7) is 6.73. The molecule has 2 aromatic carbocycles. The molecule has 0 radical (unpaired) electrons. The number of hydrogen-bond donors (Lipinski definition) is 3. The highest BCUT2D eigenvalue weighted by molar-refractivity contribution is 6.00. The molecule has 0 fully saturated rings. The molecule has 3 N–H and O–H groups in total. The van der Waals surface area contributed by atoms with E-state index in [2.05, 4.69) is 10.6 Å². The van der Waals surface area contributed by atoms with Crippen LogP contribution in [0.4, 0.5) is 0 Å². The van der Waals surface area contributed by atoms with Gasteiger partial charge in [0.15, 0.2) is 0 Å². The fraction of sp³-hybridized carbons (Fsp3) is 0.318. The minimum absolute atomic E-state index is 0.268. The summed E-state index contributed by atoms with van der Waals surface area (Å²) in [4.78, 5) is 36.6. The first-order chi connectivity index (χ1) is 13.6. The number of carboxylic acid groups (broad SMARTS) is 1. The van der Waals surface area contributed by atoms with Crippen LogP contribution >= 0.6 is 0 Å². The summed E-state index contributed by atoms with van der Waals surface area (Å²) >= 11 is 0. The van der Waals surface area contributed by atoms with E-state index in [0.29, 0.717) is 11.5 Å². The smallest absolute Gasteiger partial charge is 0.325 e. The Kier molecular flexibility index (Phi) is 6.98. The van der Waals surface area contributed by atoms with Crippen molar-refractivity contribution in [1.82, 2.24) is 10.6 Å². The highest BCUT2D eigenvalue weighted by atomic mass is 16.5. The second kappa shape index (κ2) is 9.23. The fourth-order valence-electron chi connectivity index (χ4n) is 2.60. The summed E-state index contributed by atoms with van der Waals surface area (Å²) in [5, 5.41) is 14.2. The summed E-state index contributed by atoms with van der Waals surface area (Å²) < 4.78 is 5.82. The third kappa shape index (κ3) is 6.07. The molecule has 7 heteroatoms. The summed E-state index contributed by atoms with van der Waals surface area (Å²) in [6, 6.07) is 13.7. The molecule has 0 spiro atoms. The van der Waals surface area contributed by atoms with Gasteiger partial charge in [0, 0.05) is 0 Å². The third-order valence-corrected chi connectivity index (χ3v) is 4.24. The van der Waals surface area contributed by atoms with Crippen molar-refractivity contribution < 1.29 is 24.2 Å². The van der Waals surface area contributed by atoms with Crippen LogP contribution in [-0.4, -0.2) is 35.0 Å². The van der Waals surface area contributed by atoms with Crippen LogP contribution in [0.5, 0.6) is 11.5 Å². The summed E-state index contributed by atoms with van der Waals surface area (Å²) in [7, 11) is 0. The standard InChI is InChI=1S/C22H26N2O5/c1-14(21(27)28)23-20(26)18(22(2,3)4)24-19(25)16-12-8-9-13-17(16)29-15-10-6-5-7-11-15/h5-14,18H,1-4H3,(H,23,26)(H,24,25)(H,27,28). The first-order valence-electron chi connectivity index (χ1n) is 9.25. The van der Waals surface area contributed by atoms with Crippen LogP contribution in [0.25, 0.3) is 0 Å². The molecule has 0 saturated heterocycles. The van der Waals surface area contributed by atoms with Gasteiger partial charge in [-0.25, -0.2) is 0 Å². The molecule has 2 atom stereocenters. The molecule has 29 heavy (non-hydrogen) atoms. The molecule has 2 amide bonds. The maximum absolute atomic E-state index is 12.9. The van der Waals surface area contributed by atoms with Crippen molar-refractivity contribution in [3.8, 4) is 11.5 Å². The van der Waals surface area contributed by atoms with Gasteiger partial charge in [-0.3, -0.25) is 14.4 Å². The first kappa shape index (κ1) is 21.9. The molecule has 0 aliphatic heterocycles. The lowest BCUT2D eigenvalue weighted by atomic mass is 9.85. The molecule has 154 valence electrons. The number of carbonyl (C=O) groups is 3. The Labute approximate surface area is 170 Å². The van der Waals surface area contributed by atoms with Gasteiger partial charge in [-0.2, -0.15) is 0 Å². The Morgan fingerprint density at radius 1 is 0.931 bits per heavy atom. The zero-order valence-electron chi connectivity index (χ0n) is 16.9. The van der Waals surface area contributed by atoms with Gasteiger partial charge in [-0.1, -0.05) is 51.1 Å². The first-order valence-corrected chi connectivity index (χ1v) is 9.25. The van der Waals surface area contributed by atoms with Gasteiger partial charge in [0.2, 0.25) is 5.91 Å². The van der Waals surface area contributed by atoms with Crippen LogP contribution in [0.1, 0.15) is 38.1 Å². The Morgan fingerprint density at radius 3 is 2.10 bits per heavy atom. The molecular formula is C22H26N2O5. The molecule has 2 rings (SSSR count).